The normalized spacial score (nSPS) is 59.1. The van der Waals surface area contributed by atoms with Crippen LogP contribution in [-0.2, 0) is 38.1 Å². The summed E-state index contributed by atoms with van der Waals surface area (Å²) in [4.78, 5) is 50.7. The molecule has 8 nitrogen and oxygen atoms in total. The first-order chi connectivity index (χ1) is 22.0. The second-order valence-corrected chi connectivity index (χ2v) is 15.6. The van der Waals surface area contributed by atoms with E-state index >= 15 is 0 Å². The van der Waals surface area contributed by atoms with Crippen LogP contribution < -0.4 is 0 Å². The molecule has 0 aromatic heterocycles. The number of hydrogen-bond donors (Lipinski definition) is 0. The highest BCUT2D eigenvalue weighted by molar-refractivity contribution is 5.81. The van der Waals surface area contributed by atoms with Crippen molar-refractivity contribution in [3.8, 4) is 0 Å². The molecule has 0 amide bonds. The van der Waals surface area contributed by atoms with Crippen molar-refractivity contribution < 1.29 is 90.8 Å². The van der Waals surface area contributed by atoms with Crippen LogP contribution in [0.5, 0.6) is 0 Å². The van der Waals surface area contributed by atoms with E-state index in [9.17, 15) is 71.9 Å². The van der Waals surface area contributed by atoms with Crippen molar-refractivity contribution in [1.29, 1.82) is 0 Å². The van der Waals surface area contributed by atoms with Crippen LogP contribution in [0.2, 0.25) is 0 Å². The fraction of sp³-hybridized carbons (Fsp3) is 0.857. The predicted molar refractivity (Wildman–Crippen MR) is 115 cm³/mol. The molecule has 12 saturated carbocycles. The monoisotopic (exact) mass is 708 g/mol. The van der Waals surface area contributed by atoms with E-state index in [1.54, 1.807) is 0 Å². The molecule has 0 aromatic carbocycles. The van der Waals surface area contributed by atoms with E-state index in [4.69, 9.17) is 18.9 Å². The lowest BCUT2D eigenvalue weighted by atomic mass is 9.72. The first-order valence-electron chi connectivity index (χ1n) is 15.2. The molecular formula is C28H16F12O8. The van der Waals surface area contributed by atoms with E-state index in [-0.39, 0.29) is 0 Å². The molecule has 0 spiro atoms. The Labute approximate surface area is 257 Å². The second kappa shape index (κ2) is 6.86. The molecule has 12 fully saturated rings. The minimum Gasteiger partial charge on any atom is -0.451 e. The van der Waals surface area contributed by atoms with E-state index in [0.717, 1.165) is 0 Å². The van der Waals surface area contributed by atoms with Gasteiger partial charge in [0.25, 0.3) is 0 Å². The molecule has 12 aliphatic rings. The molecule has 20 heteroatoms. The second-order valence-electron chi connectivity index (χ2n) is 15.6. The van der Waals surface area contributed by atoms with Crippen LogP contribution in [0.1, 0.15) is 0 Å². The number of carbonyl (C=O) groups excluding carboxylic acids is 4. The summed E-state index contributed by atoms with van der Waals surface area (Å²) in [7, 11) is 0. The van der Waals surface area contributed by atoms with Gasteiger partial charge in [-0.3, -0.25) is 0 Å². The zero-order chi connectivity index (χ0) is 34.4. The Kier molecular flexibility index (Phi) is 4.12. The summed E-state index contributed by atoms with van der Waals surface area (Å²) in [5.41, 5.74) is -9.39. The first-order valence-corrected chi connectivity index (χ1v) is 15.2. The Morgan fingerprint density at radius 3 is 0.938 bits per heavy atom. The topological polar surface area (TPSA) is 105 Å². The number of carbonyl (C=O) groups is 4. The Bertz CT molecular complexity index is 1650. The van der Waals surface area contributed by atoms with Crippen molar-refractivity contribution in [2.24, 2.45) is 94.7 Å². The van der Waals surface area contributed by atoms with Gasteiger partial charge in [-0.1, -0.05) is 0 Å². The van der Waals surface area contributed by atoms with E-state index in [0.29, 0.717) is 0 Å². The quantitative estimate of drug-likeness (QED) is 0.249. The summed E-state index contributed by atoms with van der Waals surface area (Å²) >= 11 is 0. The van der Waals surface area contributed by atoms with Crippen molar-refractivity contribution in [2.45, 2.75) is 47.1 Å². The molecule has 12 rings (SSSR count). The standard InChI is InChI=1S/C28H16F12O8/c29-25(30,31)17(41)45-21-7-3-1-2-4(7)11-13(21)6-5-12(21)10(3)22(46-18(42)26(32,33)34)8(1)14-9(2)23(11,47-19(43)27(35,36)37)16(6)24(14,15(5)22)48-20(44)28(38,39)40/h1-16H. The van der Waals surface area contributed by atoms with E-state index < -0.39 is 166 Å². The molecule has 0 N–H and O–H groups in total. The minimum absolute atomic E-state index is 0.868. The lowest BCUT2D eigenvalue weighted by Gasteiger charge is -2.44. The molecule has 48 heavy (non-hydrogen) atoms. The molecule has 0 heterocycles. The van der Waals surface area contributed by atoms with Crippen LogP contribution in [0.4, 0.5) is 52.7 Å². The van der Waals surface area contributed by atoms with Crippen molar-refractivity contribution in [3.05, 3.63) is 0 Å². The van der Waals surface area contributed by atoms with Gasteiger partial charge in [-0.15, -0.1) is 0 Å². The SMILES string of the molecule is O=C(OC12C3C4C5C6C3C3C1C1C7C2C4C2(OC(=O)C(F)(F)F)C5C4C6C3(OC(=O)C(F)(F)F)C1C4(OC(=O)C(F)(F)F)C72)C(F)(F)F. The average Bonchev–Trinajstić information content (AvgIpc) is 3.74. The Morgan fingerprint density at radius 2 is 0.604 bits per heavy atom. The lowest BCUT2D eigenvalue weighted by molar-refractivity contribution is -0.241. The molecule has 0 radical (unpaired) electrons. The number of halogens is 12. The maximum absolute atomic E-state index is 13.9. The fourth-order valence-corrected chi connectivity index (χ4v) is 16.9. The number of alkyl halides is 12. The molecule has 0 bridgehead atoms. The van der Waals surface area contributed by atoms with Crippen LogP contribution >= 0.6 is 0 Å². The molecule has 16 atom stereocenters. The fourth-order valence-electron chi connectivity index (χ4n) is 16.9. The van der Waals surface area contributed by atoms with Crippen LogP contribution in [0.25, 0.3) is 0 Å². The summed E-state index contributed by atoms with van der Waals surface area (Å²) in [6, 6.07) is 0. The maximum atomic E-state index is 13.9. The largest absolute Gasteiger partial charge is 0.490 e. The van der Waals surface area contributed by atoms with Gasteiger partial charge in [0.1, 0.15) is 22.4 Å². The summed E-state index contributed by atoms with van der Waals surface area (Å²) in [5.74, 6) is -30.7. The van der Waals surface area contributed by atoms with Gasteiger partial charge >= 0.3 is 48.6 Å². The Morgan fingerprint density at radius 1 is 0.333 bits per heavy atom. The minimum atomic E-state index is -5.71. The summed E-state index contributed by atoms with van der Waals surface area (Å²) in [6.07, 6.45) is -22.6. The van der Waals surface area contributed by atoms with Gasteiger partial charge in [-0.25, -0.2) is 19.2 Å². The van der Waals surface area contributed by atoms with Gasteiger partial charge in [0, 0.05) is 59.2 Å². The predicted octanol–water partition coefficient (Wildman–Crippen LogP) is 3.37. The summed E-state index contributed by atoms with van der Waals surface area (Å²) in [5, 5.41) is 0. The highest BCUT2D eigenvalue weighted by Gasteiger charge is 3.13. The molecule has 260 valence electrons. The Hall–Kier alpha value is -2.96. The number of rotatable bonds is 4. The van der Waals surface area contributed by atoms with Gasteiger partial charge in [-0.05, 0) is 35.5 Å². The summed E-state index contributed by atoms with van der Waals surface area (Å²) < 4.78 is 188. The number of hydrogen-bond acceptors (Lipinski definition) is 8. The van der Waals surface area contributed by atoms with Gasteiger partial charge in [0.2, 0.25) is 0 Å². The van der Waals surface area contributed by atoms with Crippen molar-refractivity contribution >= 4 is 23.9 Å². The smallest absolute Gasteiger partial charge is 0.451 e. The van der Waals surface area contributed by atoms with E-state index in [2.05, 4.69) is 0 Å². The molecule has 0 aromatic rings. The molecule has 0 aliphatic heterocycles. The van der Waals surface area contributed by atoms with Gasteiger partial charge in [0.15, 0.2) is 0 Å². The lowest BCUT2D eigenvalue weighted by Crippen LogP contribution is -2.57. The maximum Gasteiger partial charge on any atom is 0.490 e. The molecule has 12 aliphatic carbocycles. The average molecular weight is 708 g/mol. The third-order valence-corrected chi connectivity index (χ3v) is 15.5. The highest BCUT2D eigenvalue weighted by atomic mass is 19.4. The number of esters is 4. The first kappa shape index (κ1) is 28.8. The summed E-state index contributed by atoms with van der Waals surface area (Å²) in [6.45, 7) is 0. The third-order valence-electron chi connectivity index (χ3n) is 15.5. The van der Waals surface area contributed by atoms with Crippen LogP contribution in [0.3, 0.4) is 0 Å². The van der Waals surface area contributed by atoms with Gasteiger partial charge in [-0.2, -0.15) is 52.7 Å². The van der Waals surface area contributed by atoms with Crippen LogP contribution in [0, 0.1) is 94.7 Å². The highest BCUT2D eigenvalue weighted by Crippen LogP contribution is 3.06. The number of ether oxygens (including phenoxy) is 4. The van der Waals surface area contributed by atoms with Gasteiger partial charge in [0.05, 0.1) is 0 Å². The van der Waals surface area contributed by atoms with Crippen LogP contribution in [0.15, 0.2) is 0 Å². The van der Waals surface area contributed by atoms with E-state index in [1.807, 2.05) is 0 Å². The zero-order valence-electron chi connectivity index (χ0n) is 23.0. The van der Waals surface area contributed by atoms with Crippen molar-refractivity contribution in [3.63, 3.8) is 0 Å². The van der Waals surface area contributed by atoms with E-state index in [1.165, 1.54) is 0 Å². The Balaban J connectivity index is 1.20. The van der Waals surface area contributed by atoms with Crippen LogP contribution in [-0.4, -0.2) is 71.0 Å². The molecule has 16 unspecified atom stereocenters. The zero-order valence-corrected chi connectivity index (χ0v) is 23.0. The molecule has 0 saturated heterocycles. The van der Waals surface area contributed by atoms with Gasteiger partial charge < -0.3 is 18.9 Å². The third kappa shape index (κ3) is 2.22. The molecular weight excluding hydrogens is 692 g/mol. The van der Waals surface area contributed by atoms with Crippen molar-refractivity contribution in [2.75, 3.05) is 0 Å². The van der Waals surface area contributed by atoms with Crippen molar-refractivity contribution in [1.82, 2.24) is 0 Å².